The molecule has 0 aromatic carbocycles. The predicted molar refractivity (Wildman–Crippen MR) is 51.8 cm³/mol. The lowest BCUT2D eigenvalue weighted by molar-refractivity contribution is -0.143. The van der Waals surface area contributed by atoms with Gasteiger partial charge in [-0.1, -0.05) is 13.3 Å². The summed E-state index contributed by atoms with van der Waals surface area (Å²) in [5.74, 6) is -1.21. The molecule has 4 nitrogen and oxygen atoms in total. The molecular weight excluding hydrogens is 182 g/mol. The van der Waals surface area contributed by atoms with E-state index in [4.69, 9.17) is 5.11 Å². The van der Waals surface area contributed by atoms with Crippen LogP contribution in [0.4, 0.5) is 0 Å². The number of hydrogen-bond acceptors (Lipinski definition) is 2. The molecule has 1 saturated carbocycles. The zero-order chi connectivity index (χ0) is 10.8. The highest BCUT2D eigenvalue weighted by molar-refractivity contribution is 5.82. The molecule has 4 heteroatoms. The van der Waals surface area contributed by atoms with Gasteiger partial charge in [-0.15, -0.1) is 0 Å². The Morgan fingerprint density at radius 3 is 2.36 bits per heavy atom. The Balaban J connectivity index is 2.50. The number of hydrogen-bond donors (Lipinski definition) is 2. The van der Waals surface area contributed by atoms with Crippen molar-refractivity contribution in [2.24, 2.45) is 5.41 Å². The minimum absolute atomic E-state index is 0.117. The molecule has 1 fully saturated rings. The topological polar surface area (TPSA) is 66.4 Å². The van der Waals surface area contributed by atoms with Gasteiger partial charge in [0, 0.05) is 6.92 Å². The van der Waals surface area contributed by atoms with Crippen molar-refractivity contribution in [3.8, 4) is 0 Å². The van der Waals surface area contributed by atoms with Gasteiger partial charge >= 0.3 is 5.97 Å². The van der Waals surface area contributed by atoms with E-state index in [1.807, 2.05) is 0 Å². The first-order valence-corrected chi connectivity index (χ1v) is 4.93. The average molecular weight is 199 g/mol. The number of rotatable bonds is 4. The maximum absolute atomic E-state index is 10.8. The van der Waals surface area contributed by atoms with E-state index < -0.39 is 12.0 Å². The third-order valence-electron chi connectivity index (χ3n) is 2.93. The van der Waals surface area contributed by atoms with E-state index in [1.54, 1.807) is 0 Å². The highest BCUT2D eigenvalue weighted by Gasteiger charge is 2.36. The molecule has 1 aliphatic rings. The summed E-state index contributed by atoms with van der Waals surface area (Å²) in [4.78, 5) is 21.6. The van der Waals surface area contributed by atoms with Crippen LogP contribution < -0.4 is 5.32 Å². The second kappa shape index (κ2) is 3.98. The molecule has 1 aliphatic carbocycles. The van der Waals surface area contributed by atoms with E-state index in [9.17, 15) is 9.59 Å². The van der Waals surface area contributed by atoms with Gasteiger partial charge < -0.3 is 10.4 Å². The van der Waals surface area contributed by atoms with Crippen LogP contribution in [0.2, 0.25) is 0 Å². The summed E-state index contributed by atoms with van der Waals surface area (Å²) < 4.78 is 0. The van der Waals surface area contributed by atoms with Gasteiger partial charge in [-0.3, -0.25) is 4.79 Å². The lowest BCUT2D eigenvalue weighted by Crippen LogP contribution is -2.44. The third-order valence-corrected chi connectivity index (χ3v) is 2.93. The Labute approximate surface area is 83.7 Å². The number of carbonyl (C=O) groups excluding carboxylic acids is 1. The molecule has 1 amide bonds. The zero-order valence-corrected chi connectivity index (χ0v) is 8.67. The predicted octanol–water partition coefficient (Wildman–Crippen LogP) is 1.16. The van der Waals surface area contributed by atoms with E-state index in [-0.39, 0.29) is 11.3 Å². The van der Waals surface area contributed by atoms with Gasteiger partial charge in [0.05, 0.1) is 0 Å². The molecule has 0 saturated heterocycles. The van der Waals surface area contributed by atoms with Crippen molar-refractivity contribution in [2.75, 3.05) is 0 Å². The monoisotopic (exact) mass is 199 g/mol. The van der Waals surface area contributed by atoms with Crippen molar-refractivity contribution in [1.29, 1.82) is 0 Å². The first-order valence-electron chi connectivity index (χ1n) is 4.93. The number of carboxylic acids is 1. The summed E-state index contributed by atoms with van der Waals surface area (Å²) in [7, 11) is 0. The quantitative estimate of drug-likeness (QED) is 0.714. The molecule has 0 spiro atoms. The molecule has 80 valence electrons. The van der Waals surface area contributed by atoms with Crippen LogP contribution in [-0.2, 0) is 9.59 Å². The number of carboxylic acid groups (broad SMARTS) is 1. The maximum Gasteiger partial charge on any atom is 0.326 e. The summed E-state index contributed by atoms with van der Waals surface area (Å²) in [6, 6.07) is -0.724. The van der Waals surface area contributed by atoms with Gasteiger partial charge in [-0.05, 0) is 24.7 Å². The van der Waals surface area contributed by atoms with Crippen molar-refractivity contribution in [3.63, 3.8) is 0 Å². The summed E-state index contributed by atoms with van der Waals surface area (Å²) >= 11 is 0. The van der Waals surface area contributed by atoms with Crippen molar-refractivity contribution in [2.45, 2.75) is 45.6 Å². The van der Waals surface area contributed by atoms with Crippen LogP contribution in [0.15, 0.2) is 0 Å². The first-order chi connectivity index (χ1) is 6.43. The SMILES string of the molecule is CC(=O)NC(CC1(C)CCC1)C(=O)O. The molecular formula is C10H17NO3. The molecule has 0 bridgehead atoms. The fourth-order valence-corrected chi connectivity index (χ4v) is 1.92. The van der Waals surface area contributed by atoms with Crippen LogP contribution in [0.25, 0.3) is 0 Å². The molecule has 14 heavy (non-hydrogen) atoms. The van der Waals surface area contributed by atoms with Crippen molar-refractivity contribution >= 4 is 11.9 Å². The molecule has 1 atom stereocenters. The minimum Gasteiger partial charge on any atom is -0.480 e. The summed E-state index contributed by atoms with van der Waals surface area (Å²) in [5.41, 5.74) is 0.117. The number of nitrogens with one attached hydrogen (secondary N) is 1. The van der Waals surface area contributed by atoms with Crippen molar-refractivity contribution < 1.29 is 14.7 Å². The fourth-order valence-electron chi connectivity index (χ4n) is 1.92. The smallest absolute Gasteiger partial charge is 0.326 e. The minimum atomic E-state index is -0.937. The van der Waals surface area contributed by atoms with Crippen LogP contribution in [-0.4, -0.2) is 23.0 Å². The number of aliphatic carboxylic acids is 1. The van der Waals surface area contributed by atoms with Crippen LogP contribution in [0.5, 0.6) is 0 Å². The number of amides is 1. The second-order valence-electron chi connectivity index (χ2n) is 4.46. The van der Waals surface area contributed by atoms with Gasteiger partial charge in [-0.2, -0.15) is 0 Å². The van der Waals surface area contributed by atoms with Gasteiger partial charge in [0.1, 0.15) is 6.04 Å². The van der Waals surface area contributed by atoms with E-state index in [1.165, 1.54) is 13.3 Å². The Bertz CT molecular complexity index is 246. The summed E-state index contributed by atoms with van der Waals surface area (Å²) in [5, 5.41) is 11.4. The van der Waals surface area contributed by atoms with Gasteiger partial charge in [0.25, 0.3) is 0 Å². The molecule has 1 unspecified atom stereocenters. The molecule has 0 aromatic heterocycles. The highest BCUT2D eigenvalue weighted by Crippen LogP contribution is 2.44. The average Bonchev–Trinajstić information content (AvgIpc) is 1.99. The van der Waals surface area contributed by atoms with Gasteiger partial charge in [0.2, 0.25) is 5.91 Å². The van der Waals surface area contributed by atoms with E-state index in [0.29, 0.717) is 6.42 Å². The molecule has 0 aliphatic heterocycles. The maximum atomic E-state index is 10.8. The Morgan fingerprint density at radius 2 is 2.07 bits per heavy atom. The summed E-state index contributed by atoms with van der Waals surface area (Å²) in [6.07, 6.45) is 3.84. The normalized spacial score (nSPS) is 20.7. The second-order valence-corrected chi connectivity index (χ2v) is 4.46. The largest absolute Gasteiger partial charge is 0.480 e. The third kappa shape index (κ3) is 2.72. The molecule has 1 rings (SSSR count). The van der Waals surface area contributed by atoms with Crippen LogP contribution in [0.1, 0.15) is 39.5 Å². The van der Waals surface area contributed by atoms with Crippen LogP contribution >= 0.6 is 0 Å². The van der Waals surface area contributed by atoms with E-state index in [0.717, 1.165) is 12.8 Å². The van der Waals surface area contributed by atoms with E-state index >= 15 is 0 Å². The molecule has 0 radical (unpaired) electrons. The van der Waals surface area contributed by atoms with Crippen molar-refractivity contribution in [1.82, 2.24) is 5.32 Å². The molecule has 0 heterocycles. The van der Waals surface area contributed by atoms with Crippen LogP contribution in [0, 0.1) is 5.41 Å². The van der Waals surface area contributed by atoms with Gasteiger partial charge in [0.15, 0.2) is 0 Å². The summed E-state index contributed by atoms with van der Waals surface area (Å²) in [6.45, 7) is 3.42. The Morgan fingerprint density at radius 1 is 1.50 bits per heavy atom. The van der Waals surface area contributed by atoms with E-state index in [2.05, 4.69) is 12.2 Å². The lowest BCUT2D eigenvalue weighted by Gasteiger charge is -2.40. The number of carbonyl (C=O) groups is 2. The lowest BCUT2D eigenvalue weighted by atomic mass is 9.67. The first kappa shape index (κ1) is 11.0. The molecule has 0 aromatic rings. The van der Waals surface area contributed by atoms with Gasteiger partial charge in [-0.25, -0.2) is 4.79 Å². The fraction of sp³-hybridized carbons (Fsp3) is 0.800. The Hall–Kier alpha value is -1.06. The zero-order valence-electron chi connectivity index (χ0n) is 8.67. The van der Waals surface area contributed by atoms with Crippen molar-refractivity contribution in [3.05, 3.63) is 0 Å². The Kier molecular flexibility index (Phi) is 3.13. The van der Waals surface area contributed by atoms with Crippen LogP contribution in [0.3, 0.4) is 0 Å². The standard InChI is InChI=1S/C10H17NO3/c1-7(12)11-8(9(13)14)6-10(2)4-3-5-10/h8H,3-6H2,1-2H3,(H,11,12)(H,13,14). The molecule has 2 N–H and O–H groups in total. The highest BCUT2D eigenvalue weighted by atomic mass is 16.4.